The standard InChI is InChI=1S/C27H29N3O5S/c1-28(2)16-17-29-23-6-4-5-7-24(23)36-26(20-10-14-22(34-3)15-11-20)25(27(29)31)35-18-19-8-12-21(13-9-19)30(32)33/h4-15,25-26H,16-18H2,1-3H3/t25-,26+/m1/s1. The number of nitrogens with zero attached hydrogens (tertiary/aromatic N) is 3. The van der Waals surface area contributed by atoms with Gasteiger partial charge in [-0.1, -0.05) is 24.3 Å². The smallest absolute Gasteiger partial charge is 0.269 e. The summed E-state index contributed by atoms with van der Waals surface area (Å²) in [5.41, 5.74) is 2.59. The molecule has 1 aliphatic rings. The molecule has 0 saturated heterocycles. The minimum atomic E-state index is -0.770. The first kappa shape index (κ1) is 25.7. The van der Waals surface area contributed by atoms with Crippen LogP contribution in [0.5, 0.6) is 5.75 Å². The number of benzene rings is 3. The van der Waals surface area contributed by atoms with Gasteiger partial charge in [0.1, 0.15) is 5.75 Å². The lowest BCUT2D eigenvalue weighted by Gasteiger charge is -2.29. The van der Waals surface area contributed by atoms with Gasteiger partial charge in [0.25, 0.3) is 11.6 Å². The zero-order valence-corrected chi connectivity index (χ0v) is 21.3. The molecule has 0 spiro atoms. The maximum Gasteiger partial charge on any atom is 0.269 e. The molecular formula is C27H29N3O5S. The van der Waals surface area contributed by atoms with Gasteiger partial charge >= 0.3 is 0 Å². The highest BCUT2D eigenvalue weighted by molar-refractivity contribution is 7.99. The Morgan fingerprint density at radius 2 is 1.72 bits per heavy atom. The van der Waals surface area contributed by atoms with Gasteiger partial charge < -0.3 is 19.3 Å². The van der Waals surface area contributed by atoms with E-state index in [1.54, 1.807) is 31.0 Å². The third-order valence-electron chi connectivity index (χ3n) is 5.99. The van der Waals surface area contributed by atoms with E-state index >= 15 is 0 Å². The molecule has 36 heavy (non-hydrogen) atoms. The second-order valence-corrected chi connectivity index (χ2v) is 9.91. The largest absolute Gasteiger partial charge is 0.497 e. The third-order valence-corrected chi connectivity index (χ3v) is 7.36. The number of amides is 1. The number of carbonyl (C=O) groups excluding carboxylic acids is 1. The average molecular weight is 508 g/mol. The number of anilines is 1. The van der Waals surface area contributed by atoms with Crippen molar-refractivity contribution in [1.82, 2.24) is 4.90 Å². The van der Waals surface area contributed by atoms with Crippen molar-refractivity contribution in [2.75, 3.05) is 39.2 Å². The molecule has 4 rings (SSSR count). The molecule has 2 atom stereocenters. The number of ether oxygens (including phenoxy) is 2. The van der Waals surface area contributed by atoms with Crippen molar-refractivity contribution >= 4 is 29.0 Å². The van der Waals surface area contributed by atoms with Crippen LogP contribution in [0.2, 0.25) is 0 Å². The highest BCUT2D eigenvalue weighted by Gasteiger charge is 2.39. The molecule has 0 saturated carbocycles. The van der Waals surface area contributed by atoms with Crippen molar-refractivity contribution in [2.24, 2.45) is 0 Å². The quantitative estimate of drug-likeness (QED) is 0.300. The average Bonchev–Trinajstić information content (AvgIpc) is 3.00. The number of carbonyl (C=O) groups is 1. The Morgan fingerprint density at radius 1 is 1.03 bits per heavy atom. The highest BCUT2D eigenvalue weighted by atomic mass is 32.2. The Labute approximate surface area is 215 Å². The van der Waals surface area contributed by atoms with E-state index in [4.69, 9.17) is 9.47 Å². The zero-order chi connectivity index (χ0) is 25.7. The lowest BCUT2D eigenvalue weighted by molar-refractivity contribution is -0.384. The number of hydrogen-bond donors (Lipinski definition) is 0. The van der Waals surface area contributed by atoms with E-state index in [1.165, 1.54) is 12.1 Å². The lowest BCUT2D eigenvalue weighted by atomic mass is 10.1. The second kappa shape index (κ2) is 11.6. The number of likely N-dealkylation sites (N-methyl/N-ethyl adjacent to an activating group) is 1. The van der Waals surface area contributed by atoms with Crippen LogP contribution in [0.4, 0.5) is 11.4 Å². The van der Waals surface area contributed by atoms with E-state index in [-0.39, 0.29) is 23.5 Å². The number of fused-ring (bicyclic) bond motifs is 1. The molecule has 3 aromatic rings. The summed E-state index contributed by atoms with van der Waals surface area (Å²) in [6, 6.07) is 21.8. The van der Waals surface area contributed by atoms with Gasteiger partial charge in [0.2, 0.25) is 0 Å². The van der Waals surface area contributed by atoms with Gasteiger partial charge in [0.15, 0.2) is 6.10 Å². The van der Waals surface area contributed by atoms with Crippen molar-refractivity contribution in [3.05, 3.63) is 94.0 Å². The van der Waals surface area contributed by atoms with Gasteiger partial charge in [-0.25, -0.2) is 0 Å². The molecule has 8 nitrogen and oxygen atoms in total. The Bertz CT molecular complexity index is 1200. The Kier molecular flexibility index (Phi) is 8.25. The Hall–Kier alpha value is -3.40. The number of rotatable bonds is 9. The fourth-order valence-electron chi connectivity index (χ4n) is 4.01. The van der Waals surface area contributed by atoms with Crippen molar-refractivity contribution in [3.63, 3.8) is 0 Å². The molecule has 0 bridgehead atoms. The van der Waals surface area contributed by atoms with Crippen LogP contribution >= 0.6 is 11.8 Å². The molecule has 3 aromatic carbocycles. The van der Waals surface area contributed by atoms with E-state index in [1.807, 2.05) is 72.4 Å². The van der Waals surface area contributed by atoms with E-state index < -0.39 is 11.0 Å². The summed E-state index contributed by atoms with van der Waals surface area (Å²) in [6.45, 7) is 1.38. The third kappa shape index (κ3) is 5.87. The van der Waals surface area contributed by atoms with Gasteiger partial charge in [-0.15, -0.1) is 11.8 Å². The lowest BCUT2D eigenvalue weighted by Crippen LogP contribution is -2.44. The number of hydrogen-bond acceptors (Lipinski definition) is 7. The molecular weight excluding hydrogens is 478 g/mol. The van der Waals surface area contributed by atoms with E-state index in [9.17, 15) is 14.9 Å². The minimum Gasteiger partial charge on any atom is -0.497 e. The monoisotopic (exact) mass is 507 g/mol. The first-order chi connectivity index (χ1) is 17.4. The number of non-ortho nitro benzene ring substituents is 1. The molecule has 0 unspecified atom stereocenters. The first-order valence-electron chi connectivity index (χ1n) is 11.6. The van der Waals surface area contributed by atoms with Crippen molar-refractivity contribution < 1.29 is 19.2 Å². The van der Waals surface area contributed by atoms with Crippen LogP contribution in [0.3, 0.4) is 0 Å². The number of nitro benzene ring substituents is 1. The van der Waals surface area contributed by atoms with E-state index in [0.717, 1.165) is 27.5 Å². The van der Waals surface area contributed by atoms with Gasteiger partial charge in [0.05, 0.1) is 29.6 Å². The minimum absolute atomic E-state index is 0.0151. The van der Waals surface area contributed by atoms with Crippen LogP contribution in [-0.4, -0.2) is 56.1 Å². The normalized spacial score (nSPS) is 17.6. The predicted octanol–water partition coefficient (Wildman–Crippen LogP) is 4.93. The summed E-state index contributed by atoms with van der Waals surface area (Å²) in [4.78, 5) is 29.5. The van der Waals surface area contributed by atoms with Crippen molar-refractivity contribution in [1.29, 1.82) is 0 Å². The van der Waals surface area contributed by atoms with Crippen LogP contribution in [0.25, 0.3) is 0 Å². The fourth-order valence-corrected chi connectivity index (χ4v) is 5.35. The molecule has 188 valence electrons. The molecule has 0 aromatic heterocycles. The van der Waals surface area contributed by atoms with Crippen molar-refractivity contribution in [3.8, 4) is 5.75 Å². The molecule has 1 heterocycles. The summed E-state index contributed by atoms with van der Waals surface area (Å²) in [7, 11) is 5.57. The molecule has 0 N–H and O–H groups in total. The van der Waals surface area contributed by atoms with Gasteiger partial charge in [0, 0.05) is 30.1 Å². The molecule has 9 heteroatoms. The number of nitro groups is 1. The molecule has 0 fully saturated rings. The number of methoxy groups -OCH3 is 1. The predicted molar refractivity (Wildman–Crippen MR) is 141 cm³/mol. The number of para-hydroxylation sites is 1. The van der Waals surface area contributed by atoms with Gasteiger partial charge in [-0.2, -0.15) is 0 Å². The van der Waals surface area contributed by atoms with Crippen LogP contribution in [-0.2, 0) is 16.1 Å². The van der Waals surface area contributed by atoms with Gasteiger partial charge in [-0.3, -0.25) is 14.9 Å². The molecule has 1 amide bonds. The summed E-state index contributed by atoms with van der Waals surface area (Å²) < 4.78 is 11.6. The summed E-state index contributed by atoms with van der Waals surface area (Å²) in [5, 5.41) is 10.7. The maximum absolute atomic E-state index is 14.0. The second-order valence-electron chi connectivity index (χ2n) is 8.73. The Morgan fingerprint density at radius 3 is 2.36 bits per heavy atom. The summed E-state index contributed by atoms with van der Waals surface area (Å²) in [5.74, 6) is 0.622. The molecule has 1 aliphatic heterocycles. The van der Waals surface area contributed by atoms with Crippen molar-refractivity contribution in [2.45, 2.75) is 22.9 Å². The van der Waals surface area contributed by atoms with E-state index in [0.29, 0.717) is 13.1 Å². The maximum atomic E-state index is 14.0. The fraction of sp³-hybridized carbons (Fsp3) is 0.296. The van der Waals surface area contributed by atoms with Crippen LogP contribution in [0, 0.1) is 10.1 Å². The zero-order valence-electron chi connectivity index (χ0n) is 20.5. The van der Waals surface area contributed by atoms with E-state index in [2.05, 4.69) is 0 Å². The highest BCUT2D eigenvalue weighted by Crippen LogP contribution is 2.47. The topological polar surface area (TPSA) is 85.2 Å². The molecule has 0 aliphatic carbocycles. The first-order valence-corrected chi connectivity index (χ1v) is 12.5. The van der Waals surface area contributed by atoms with Crippen LogP contribution < -0.4 is 9.64 Å². The number of thioether (sulfide) groups is 1. The van der Waals surface area contributed by atoms with Gasteiger partial charge in [-0.05, 0) is 61.6 Å². The summed E-state index contributed by atoms with van der Waals surface area (Å²) >= 11 is 1.60. The Balaban J connectivity index is 1.69. The SMILES string of the molecule is COc1ccc([C@@H]2Sc3ccccc3N(CCN(C)C)C(=O)[C@@H]2OCc2ccc([N+](=O)[O-])cc2)cc1. The van der Waals surface area contributed by atoms with Crippen LogP contribution in [0.1, 0.15) is 16.4 Å². The summed E-state index contributed by atoms with van der Waals surface area (Å²) in [6.07, 6.45) is -0.770. The molecule has 0 radical (unpaired) electrons. The van der Waals surface area contributed by atoms with Crippen LogP contribution in [0.15, 0.2) is 77.7 Å².